The number of piperidine rings is 1. The molecule has 1 unspecified atom stereocenters. The van der Waals surface area contributed by atoms with Gasteiger partial charge >= 0.3 is 0 Å². The molecule has 5 rings (SSSR count). The Balaban J connectivity index is 0.000000219. The lowest BCUT2D eigenvalue weighted by atomic mass is 9.89. The molecule has 6 nitrogen and oxygen atoms in total. The summed E-state index contributed by atoms with van der Waals surface area (Å²) in [4.78, 5) is 28.3. The van der Waals surface area contributed by atoms with Gasteiger partial charge in [-0.25, -0.2) is 0 Å². The number of amides is 1. The van der Waals surface area contributed by atoms with Gasteiger partial charge in [-0.2, -0.15) is 0 Å². The van der Waals surface area contributed by atoms with E-state index in [1.54, 1.807) is 5.56 Å². The summed E-state index contributed by atoms with van der Waals surface area (Å²) < 4.78 is 0. The molecule has 6 heteroatoms. The topological polar surface area (TPSA) is 64.1 Å². The van der Waals surface area contributed by atoms with Gasteiger partial charge in [0, 0.05) is 32.1 Å². The Labute approximate surface area is 261 Å². The van der Waals surface area contributed by atoms with Gasteiger partial charge in [0.2, 0.25) is 5.91 Å². The fourth-order valence-electron chi connectivity index (χ4n) is 6.94. The molecular weight excluding hydrogens is 534 g/mol. The zero-order valence-corrected chi connectivity index (χ0v) is 27.1. The van der Waals surface area contributed by atoms with Gasteiger partial charge in [-0.15, -0.1) is 0 Å². The molecule has 1 N–H and O–H groups in total. The maximum absolute atomic E-state index is 12.7. The predicted octanol–water partition coefficient (Wildman–Crippen LogP) is 7.02. The summed E-state index contributed by atoms with van der Waals surface area (Å²) in [5, 5.41) is 6.89. The summed E-state index contributed by atoms with van der Waals surface area (Å²) in [5.41, 5.74) is 4.08. The van der Waals surface area contributed by atoms with Crippen LogP contribution in [0.1, 0.15) is 93.7 Å². The second-order valence-corrected chi connectivity index (χ2v) is 12.9. The Kier molecular flexibility index (Phi) is 15.8. The van der Waals surface area contributed by atoms with Crippen molar-refractivity contribution in [2.45, 2.75) is 96.4 Å². The minimum absolute atomic E-state index is 0.250. The number of likely N-dealkylation sites (tertiary alicyclic amines) is 2. The number of benzene rings is 2. The number of carbonyl (C=O) groups excluding carboxylic acids is 1. The zero-order valence-electron chi connectivity index (χ0n) is 27.1. The standard InChI is InChI=1S/C19H30N2O.C17H25N.CH2O2/c1-4-13-21(18-11-14-20(3)15-12-18)19(22)10-9-17-7-5-16(2)6-8-17;1-3-7-15(8-4-1)13-18-12-11-17(14-18)16-9-5-2-6-10-16;2-1-3/h5-8,18H,4,9-15H2,1-3H3;2,5-6,9-10,15,17H,1,3-4,7-8,11-14H2;1H,(H,2,3). The van der Waals surface area contributed by atoms with Gasteiger partial charge in [0.1, 0.15) is 0 Å². The van der Waals surface area contributed by atoms with E-state index in [-0.39, 0.29) is 6.47 Å². The summed E-state index contributed by atoms with van der Waals surface area (Å²) >= 11 is 0. The van der Waals surface area contributed by atoms with Crippen molar-refractivity contribution in [3.63, 3.8) is 0 Å². The van der Waals surface area contributed by atoms with Gasteiger partial charge in [-0.05, 0) is 102 Å². The molecule has 0 aromatic heterocycles. The first-order chi connectivity index (χ1) is 20.9. The van der Waals surface area contributed by atoms with Crippen LogP contribution in [0.5, 0.6) is 0 Å². The van der Waals surface area contributed by atoms with Crippen LogP contribution in [0.3, 0.4) is 0 Å². The first-order valence-corrected chi connectivity index (χ1v) is 16.8. The average Bonchev–Trinajstić information content (AvgIpc) is 3.50. The maximum Gasteiger partial charge on any atom is 0.290 e. The highest BCUT2D eigenvalue weighted by Crippen LogP contribution is 2.30. The van der Waals surface area contributed by atoms with Gasteiger partial charge in [0.15, 0.2) is 0 Å². The summed E-state index contributed by atoms with van der Waals surface area (Å²) in [5.74, 6) is 2.11. The average molecular weight is 592 g/mol. The van der Waals surface area contributed by atoms with Crippen LogP contribution in [0, 0.1) is 12.8 Å². The van der Waals surface area contributed by atoms with E-state index >= 15 is 0 Å². The van der Waals surface area contributed by atoms with Crippen LogP contribution in [0.4, 0.5) is 0 Å². The molecule has 2 saturated heterocycles. The molecule has 2 heterocycles. The quantitative estimate of drug-likeness (QED) is 0.318. The van der Waals surface area contributed by atoms with Crippen molar-refractivity contribution in [3.05, 3.63) is 71.3 Å². The van der Waals surface area contributed by atoms with Crippen LogP contribution in [0.25, 0.3) is 0 Å². The number of carbonyl (C=O) groups is 2. The predicted molar refractivity (Wildman–Crippen MR) is 178 cm³/mol. The minimum Gasteiger partial charge on any atom is -0.483 e. The molecule has 43 heavy (non-hydrogen) atoms. The molecule has 2 aromatic carbocycles. The summed E-state index contributed by atoms with van der Waals surface area (Å²) in [6.07, 6.45) is 13.5. The Morgan fingerprint density at radius 2 is 1.58 bits per heavy atom. The first kappa shape index (κ1) is 34.8. The molecule has 1 amide bonds. The highest BCUT2D eigenvalue weighted by Gasteiger charge is 2.27. The highest BCUT2D eigenvalue weighted by molar-refractivity contribution is 5.76. The fraction of sp³-hybridized carbons (Fsp3) is 0.622. The first-order valence-electron chi connectivity index (χ1n) is 16.8. The Hall–Kier alpha value is -2.70. The normalized spacial score (nSPS) is 19.9. The molecule has 1 saturated carbocycles. The monoisotopic (exact) mass is 591 g/mol. The Morgan fingerprint density at radius 1 is 0.930 bits per heavy atom. The molecule has 1 atom stereocenters. The third-order valence-corrected chi connectivity index (χ3v) is 9.45. The molecule has 2 aromatic rings. The van der Waals surface area contributed by atoms with Gasteiger partial charge < -0.3 is 19.8 Å². The van der Waals surface area contributed by atoms with E-state index in [4.69, 9.17) is 9.90 Å². The molecule has 3 aliphatic rings. The van der Waals surface area contributed by atoms with Crippen LogP contribution in [0.15, 0.2) is 54.6 Å². The van der Waals surface area contributed by atoms with E-state index in [0.29, 0.717) is 18.4 Å². The van der Waals surface area contributed by atoms with E-state index in [0.717, 1.165) is 57.2 Å². The van der Waals surface area contributed by atoms with Crippen molar-refractivity contribution in [3.8, 4) is 0 Å². The smallest absolute Gasteiger partial charge is 0.290 e. The van der Waals surface area contributed by atoms with Crippen molar-refractivity contribution >= 4 is 12.4 Å². The van der Waals surface area contributed by atoms with Crippen molar-refractivity contribution in [2.75, 3.05) is 46.3 Å². The van der Waals surface area contributed by atoms with Gasteiger partial charge in [-0.3, -0.25) is 9.59 Å². The lowest BCUT2D eigenvalue weighted by Gasteiger charge is -2.37. The van der Waals surface area contributed by atoms with E-state index in [9.17, 15) is 4.79 Å². The van der Waals surface area contributed by atoms with Crippen molar-refractivity contribution in [1.29, 1.82) is 0 Å². The SMILES string of the molecule is CCCN(C(=O)CCc1ccc(C)cc1)C1CCN(C)CC1.O=CO.c1ccc(C2CCN(CC3CCCCC3)C2)cc1. The lowest BCUT2D eigenvalue weighted by Crippen LogP contribution is -2.46. The molecular formula is C37H57N3O3. The number of hydrogen-bond acceptors (Lipinski definition) is 4. The van der Waals surface area contributed by atoms with E-state index in [1.165, 1.54) is 69.3 Å². The molecule has 3 fully saturated rings. The number of rotatable bonds is 9. The van der Waals surface area contributed by atoms with E-state index < -0.39 is 0 Å². The Morgan fingerprint density at radius 3 is 2.21 bits per heavy atom. The minimum atomic E-state index is -0.250. The molecule has 238 valence electrons. The summed E-state index contributed by atoms with van der Waals surface area (Å²) in [7, 11) is 2.17. The van der Waals surface area contributed by atoms with Gasteiger partial charge in [0.05, 0.1) is 0 Å². The number of carboxylic acid groups (broad SMARTS) is 1. The molecule has 2 aliphatic heterocycles. The van der Waals surface area contributed by atoms with Gasteiger partial charge in [0.25, 0.3) is 6.47 Å². The molecule has 0 spiro atoms. The van der Waals surface area contributed by atoms with Crippen LogP contribution in [0.2, 0.25) is 0 Å². The zero-order chi connectivity index (χ0) is 30.9. The van der Waals surface area contributed by atoms with Crippen molar-refractivity contribution in [1.82, 2.24) is 14.7 Å². The number of aryl methyl sites for hydroxylation is 2. The van der Waals surface area contributed by atoms with E-state index in [2.05, 4.69) is 90.2 Å². The van der Waals surface area contributed by atoms with Crippen molar-refractivity contribution in [2.24, 2.45) is 5.92 Å². The van der Waals surface area contributed by atoms with Crippen LogP contribution in [-0.4, -0.2) is 84.5 Å². The molecule has 0 radical (unpaired) electrons. The second kappa shape index (κ2) is 19.6. The second-order valence-electron chi connectivity index (χ2n) is 12.9. The molecule has 1 aliphatic carbocycles. The van der Waals surface area contributed by atoms with Crippen LogP contribution < -0.4 is 0 Å². The fourth-order valence-corrected chi connectivity index (χ4v) is 6.94. The summed E-state index contributed by atoms with van der Waals surface area (Å²) in [6.45, 7) is 11.1. The molecule has 0 bridgehead atoms. The third kappa shape index (κ3) is 12.4. The third-order valence-electron chi connectivity index (χ3n) is 9.45. The summed E-state index contributed by atoms with van der Waals surface area (Å²) in [6, 6.07) is 20.1. The number of hydrogen-bond donors (Lipinski definition) is 1. The van der Waals surface area contributed by atoms with E-state index in [1.807, 2.05) is 0 Å². The van der Waals surface area contributed by atoms with Gasteiger partial charge in [-0.1, -0.05) is 86.3 Å². The Bertz CT molecular complexity index is 1030. The van der Waals surface area contributed by atoms with Crippen LogP contribution in [-0.2, 0) is 16.0 Å². The van der Waals surface area contributed by atoms with Crippen LogP contribution >= 0.6 is 0 Å². The number of nitrogens with zero attached hydrogens (tertiary/aromatic N) is 3. The largest absolute Gasteiger partial charge is 0.483 e. The maximum atomic E-state index is 12.7. The highest BCUT2D eigenvalue weighted by atomic mass is 16.3. The van der Waals surface area contributed by atoms with Crippen molar-refractivity contribution < 1.29 is 14.7 Å². The lowest BCUT2D eigenvalue weighted by molar-refractivity contribution is -0.134.